The monoisotopic (exact) mass is 268 g/mol. The molecule has 0 radical (unpaired) electrons. The van der Waals surface area contributed by atoms with Gasteiger partial charge in [0.25, 0.3) is 0 Å². The summed E-state index contributed by atoms with van der Waals surface area (Å²) in [6, 6.07) is 10.9. The largest absolute Gasteiger partial charge is 0.462 e. The van der Waals surface area contributed by atoms with Gasteiger partial charge in [0.2, 0.25) is 5.78 Å². The second kappa shape index (κ2) is 5.85. The van der Waals surface area contributed by atoms with Crippen LogP contribution in [0.5, 0.6) is 0 Å². The fourth-order valence-corrected chi connectivity index (χ4v) is 1.80. The molecule has 0 unspecified atom stereocenters. The predicted octanol–water partition coefficient (Wildman–Crippen LogP) is 1.54. The van der Waals surface area contributed by atoms with Gasteiger partial charge in [-0.1, -0.05) is 30.3 Å². The molecule has 1 aromatic rings. The van der Waals surface area contributed by atoms with Crippen molar-refractivity contribution in [3.63, 3.8) is 0 Å². The van der Waals surface area contributed by atoms with Crippen molar-refractivity contribution in [3.8, 4) is 6.07 Å². The van der Waals surface area contributed by atoms with E-state index in [1.165, 1.54) is 6.08 Å². The minimum atomic E-state index is -0.798. The standard InChI is InChI=1S/C15H12N2O3/c1-2-20-15(19)11(9-16)14-13(18)8-12(17-14)10-6-4-3-5-7-10/h3-8,17H,2H2,1H3/b14-11+. The molecule has 2 rings (SSSR count). The Bertz CT molecular complexity index is 651. The number of ketones is 1. The van der Waals surface area contributed by atoms with E-state index in [1.54, 1.807) is 13.0 Å². The maximum Gasteiger partial charge on any atom is 0.351 e. The van der Waals surface area contributed by atoms with Gasteiger partial charge in [-0.15, -0.1) is 0 Å². The third-order valence-corrected chi connectivity index (χ3v) is 2.71. The van der Waals surface area contributed by atoms with Gasteiger partial charge in [-0.05, 0) is 12.5 Å². The van der Waals surface area contributed by atoms with Crippen LogP contribution in [0.2, 0.25) is 0 Å². The molecule has 100 valence electrons. The van der Waals surface area contributed by atoms with E-state index in [9.17, 15) is 9.59 Å². The van der Waals surface area contributed by atoms with Crippen LogP contribution in [0.25, 0.3) is 5.70 Å². The van der Waals surface area contributed by atoms with Crippen molar-refractivity contribution in [2.75, 3.05) is 6.61 Å². The van der Waals surface area contributed by atoms with Gasteiger partial charge in [0.15, 0.2) is 5.57 Å². The van der Waals surface area contributed by atoms with E-state index in [4.69, 9.17) is 10.00 Å². The fourth-order valence-electron chi connectivity index (χ4n) is 1.80. The molecule has 20 heavy (non-hydrogen) atoms. The molecule has 1 aromatic carbocycles. The zero-order valence-electron chi connectivity index (χ0n) is 10.8. The first-order chi connectivity index (χ1) is 9.67. The summed E-state index contributed by atoms with van der Waals surface area (Å²) in [6.07, 6.45) is 1.36. The predicted molar refractivity (Wildman–Crippen MR) is 71.8 cm³/mol. The Hall–Kier alpha value is -2.87. The minimum absolute atomic E-state index is 0.0372. The molecule has 1 aliphatic rings. The highest BCUT2D eigenvalue weighted by atomic mass is 16.5. The number of allylic oxidation sites excluding steroid dienone is 1. The van der Waals surface area contributed by atoms with Crippen molar-refractivity contribution in [2.24, 2.45) is 0 Å². The molecule has 1 aliphatic heterocycles. The third-order valence-electron chi connectivity index (χ3n) is 2.71. The summed E-state index contributed by atoms with van der Waals surface area (Å²) < 4.78 is 4.76. The van der Waals surface area contributed by atoms with Crippen LogP contribution in [-0.2, 0) is 14.3 Å². The maximum absolute atomic E-state index is 11.9. The van der Waals surface area contributed by atoms with E-state index >= 15 is 0 Å². The van der Waals surface area contributed by atoms with E-state index in [-0.39, 0.29) is 17.9 Å². The van der Waals surface area contributed by atoms with E-state index in [0.29, 0.717) is 5.70 Å². The number of nitrogens with one attached hydrogen (secondary N) is 1. The molecular weight excluding hydrogens is 256 g/mol. The molecule has 1 heterocycles. The summed E-state index contributed by atoms with van der Waals surface area (Å²) in [5.41, 5.74) is 1.02. The second-order valence-corrected chi connectivity index (χ2v) is 4.00. The van der Waals surface area contributed by atoms with Crippen LogP contribution < -0.4 is 5.32 Å². The van der Waals surface area contributed by atoms with E-state index in [2.05, 4.69) is 5.32 Å². The zero-order valence-corrected chi connectivity index (χ0v) is 10.8. The summed E-state index contributed by atoms with van der Waals surface area (Å²) in [5.74, 6) is -1.21. The summed E-state index contributed by atoms with van der Waals surface area (Å²) in [4.78, 5) is 23.5. The molecule has 5 heteroatoms. The van der Waals surface area contributed by atoms with Gasteiger partial charge in [0.05, 0.1) is 6.61 Å². The summed E-state index contributed by atoms with van der Waals surface area (Å²) in [6.45, 7) is 1.78. The highest BCUT2D eigenvalue weighted by Gasteiger charge is 2.27. The number of benzene rings is 1. The van der Waals surface area contributed by atoms with Crippen molar-refractivity contribution in [2.45, 2.75) is 6.92 Å². The molecule has 0 aromatic heterocycles. The fraction of sp³-hybridized carbons (Fsp3) is 0.133. The van der Waals surface area contributed by atoms with Crippen molar-refractivity contribution >= 4 is 17.4 Å². The smallest absolute Gasteiger partial charge is 0.351 e. The molecule has 0 aliphatic carbocycles. The molecule has 0 amide bonds. The lowest BCUT2D eigenvalue weighted by atomic mass is 10.1. The Morgan fingerprint density at radius 3 is 2.65 bits per heavy atom. The minimum Gasteiger partial charge on any atom is -0.462 e. The first-order valence-electron chi connectivity index (χ1n) is 6.07. The SMILES string of the molecule is CCOC(=O)/C(C#N)=C1/NC(c2ccccc2)=CC1=O. The van der Waals surface area contributed by atoms with Crippen molar-refractivity contribution < 1.29 is 14.3 Å². The van der Waals surface area contributed by atoms with Crippen LogP contribution in [0.3, 0.4) is 0 Å². The number of carbonyl (C=O) groups excluding carboxylic acids is 2. The molecule has 1 N–H and O–H groups in total. The molecule has 0 fully saturated rings. The number of carbonyl (C=O) groups is 2. The highest BCUT2D eigenvalue weighted by Crippen LogP contribution is 2.21. The van der Waals surface area contributed by atoms with Crippen molar-refractivity contribution in [1.82, 2.24) is 5.32 Å². The van der Waals surface area contributed by atoms with E-state index in [1.807, 2.05) is 30.3 Å². The van der Waals surface area contributed by atoms with Gasteiger partial charge in [-0.25, -0.2) is 4.79 Å². The number of ether oxygens (including phenoxy) is 1. The van der Waals surface area contributed by atoms with Crippen LogP contribution >= 0.6 is 0 Å². The van der Waals surface area contributed by atoms with Gasteiger partial charge in [0.1, 0.15) is 11.8 Å². The van der Waals surface area contributed by atoms with Crippen LogP contribution in [0.1, 0.15) is 12.5 Å². The molecule has 0 atom stereocenters. The lowest BCUT2D eigenvalue weighted by Crippen LogP contribution is -2.18. The highest BCUT2D eigenvalue weighted by molar-refractivity contribution is 6.17. The van der Waals surface area contributed by atoms with Crippen LogP contribution in [0, 0.1) is 11.3 Å². The van der Waals surface area contributed by atoms with Gasteiger partial charge in [0, 0.05) is 11.8 Å². The Kier molecular flexibility index (Phi) is 3.96. The van der Waals surface area contributed by atoms with Crippen LogP contribution in [0.15, 0.2) is 47.7 Å². The van der Waals surface area contributed by atoms with E-state index < -0.39 is 11.8 Å². The summed E-state index contributed by atoms with van der Waals surface area (Å²) in [7, 11) is 0. The first kappa shape index (κ1) is 13.6. The van der Waals surface area contributed by atoms with Gasteiger partial charge in [-0.3, -0.25) is 4.79 Å². The quantitative estimate of drug-likeness (QED) is 0.511. The summed E-state index contributed by atoms with van der Waals surface area (Å²) >= 11 is 0. The molecule has 0 saturated heterocycles. The number of hydrogen-bond acceptors (Lipinski definition) is 5. The first-order valence-corrected chi connectivity index (χ1v) is 6.07. The number of nitriles is 1. The van der Waals surface area contributed by atoms with Gasteiger partial charge >= 0.3 is 5.97 Å². The lowest BCUT2D eigenvalue weighted by Gasteiger charge is -2.06. The second-order valence-electron chi connectivity index (χ2n) is 4.00. The third kappa shape index (κ3) is 2.59. The molecule has 5 nitrogen and oxygen atoms in total. The molecule has 0 bridgehead atoms. The van der Waals surface area contributed by atoms with E-state index in [0.717, 1.165) is 5.56 Å². The van der Waals surface area contributed by atoms with Crippen LogP contribution in [-0.4, -0.2) is 18.4 Å². The summed E-state index contributed by atoms with van der Waals surface area (Å²) in [5, 5.41) is 11.8. The van der Waals surface area contributed by atoms with Crippen LogP contribution in [0.4, 0.5) is 0 Å². The van der Waals surface area contributed by atoms with Gasteiger partial charge in [-0.2, -0.15) is 5.26 Å². The Morgan fingerprint density at radius 2 is 2.05 bits per heavy atom. The number of rotatable bonds is 3. The maximum atomic E-state index is 11.9. The number of hydrogen-bond donors (Lipinski definition) is 1. The number of esters is 1. The topological polar surface area (TPSA) is 79.2 Å². The zero-order chi connectivity index (χ0) is 14.5. The average Bonchev–Trinajstić information content (AvgIpc) is 2.83. The normalized spacial score (nSPS) is 16.0. The average molecular weight is 268 g/mol. The Labute approximate surface area is 116 Å². The number of nitrogens with zero attached hydrogens (tertiary/aromatic N) is 1. The Balaban J connectivity index is 2.33. The molecule has 0 spiro atoms. The van der Waals surface area contributed by atoms with Gasteiger partial charge < -0.3 is 10.1 Å². The van der Waals surface area contributed by atoms with Crippen molar-refractivity contribution in [1.29, 1.82) is 5.26 Å². The molecule has 0 saturated carbocycles. The van der Waals surface area contributed by atoms with Crippen molar-refractivity contribution in [3.05, 3.63) is 53.2 Å². The lowest BCUT2D eigenvalue weighted by molar-refractivity contribution is -0.138. The Morgan fingerprint density at radius 1 is 1.35 bits per heavy atom. The molecular formula is C15H12N2O3.